The summed E-state index contributed by atoms with van der Waals surface area (Å²) in [6, 6.07) is -0.646. The molecule has 0 aliphatic rings. The summed E-state index contributed by atoms with van der Waals surface area (Å²) in [6.45, 7) is 4.79. The Kier molecular flexibility index (Phi) is 42.2. The second-order valence-electron chi connectivity index (χ2n) is 15.7. The van der Waals surface area contributed by atoms with E-state index in [0.29, 0.717) is 19.4 Å². The van der Waals surface area contributed by atoms with Crippen LogP contribution in [-0.2, 0) is 14.3 Å². The Morgan fingerprint density at radius 1 is 0.500 bits per heavy atom. The third-order valence-corrected chi connectivity index (χ3v) is 10.4. The molecule has 3 N–H and O–H groups in total. The minimum Gasteiger partial charge on any atom is -0.466 e. The van der Waals surface area contributed by atoms with Crippen molar-refractivity contribution in [2.75, 3.05) is 13.2 Å². The Morgan fingerprint density at radius 2 is 0.870 bits per heavy atom. The lowest BCUT2D eigenvalue weighted by Gasteiger charge is -2.20. The topological polar surface area (TPSA) is 95.9 Å². The van der Waals surface area contributed by atoms with Gasteiger partial charge in [-0.2, -0.15) is 0 Å². The lowest BCUT2D eigenvalue weighted by Crippen LogP contribution is -2.45. The zero-order chi connectivity index (χ0) is 39.4. The third kappa shape index (κ3) is 39.8. The number of unbranched alkanes of at least 4 members (excludes halogenated alkanes) is 27. The van der Waals surface area contributed by atoms with E-state index in [1.807, 2.05) is 6.08 Å². The standard InChI is InChI=1S/C48H89NO5/c1-3-5-7-9-11-13-15-17-20-24-28-32-36-40-46(51)45(44-50)49-47(52)41-37-33-29-25-21-18-19-23-27-31-35-39-43-54-48(53)42-38-34-30-26-22-16-14-12-10-8-6-4-2/h12,14,19,23,36,40,45-46,50-51H,3-11,13,15-18,20-22,24-35,37-39,41-44H2,1-2H3,(H,49,52)/b14-12-,23-19-,40-36+. The molecule has 0 heterocycles. The molecule has 54 heavy (non-hydrogen) atoms. The van der Waals surface area contributed by atoms with E-state index >= 15 is 0 Å². The molecule has 0 saturated heterocycles. The summed E-state index contributed by atoms with van der Waals surface area (Å²) < 4.78 is 5.42. The van der Waals surface area contributed by atoms with Crippen molar-refractivity contribution in [2.45, 2.75) is 244 Å². The molecule has 1 amide bonds. The second kappa shape index (κ2) is 43.8. The average Bonchev–Trinajstić information content (AvgIpc) is 3.17. The van der Waals surface area contributed by atoms with Crippen LogP contribution in [0, 0.1) is 0 Å². The maximum absolute atomic E-state index is 12.4. The number of carbonyl (C=O) groups is 2. The summed E-state index contributed by atoms with van der Waals surface area (Å²) >= 11 is 0. The Balaban J connectivity index is 3.57. The van der Waals surface area contributed by atoms with E-state index in [-0.39, 0.29) is 18.5 Å². The van der Waals surface area contributed by atoms with Gasteiger partial charge >= 0.3 is 5.97 Å². The van der Waals surface area contributed by atoms with Gasteiger partial charge in [0.2, 0.25) is 5.91 Å². The first-order valence-electron chi connectivity index (χ1n) is 23.3. The van der Waals surface area contributed by atoms with Crippen LogP contribution >= 0.6 is 0 Å². The van der Waals surface area contributed by atoms with Gasteiger partial charge in [-0.05, 0) is 89.9 Å². The van der Waals surface area contributed by atoms with Crippen LogP contribution in [-0.4, -0.2) is 47.4 Å². The number of aliphatic hydroxyl groups excluding tert-OH is 2. The van der Waals surface area contributed by atoms with Crippen molar-refractivity contribution in [3.63, 3.8) is 0 Å². The van der Waals surface area contributed by atoms with E-state index in [9.17, 15) is 19.8 Å². The smallest absolute Gasteiger partial charge is 0.305 e. The molecule has 0 bridgehead atoms. The molecule has 0 aromatic carbocycles. The quantitative estimate of drug-likeness (QED) is 0.0327. The monoisotopic (exact) mass is 760 g/mol. The first-order valence-corrected chi connectivity index (χ1v) is 23.3. The molecule has 6 nitrogen and oxygen atoms in total. The molecule has 0 saturated carbocycles. The maximum Gasteiger partial charge on any atom is 0.305 e. The highest BCUT2D eigenvalue weighted by atomic mass is 16.5. The minimum atomic E-state index is -0.860. The van der Waals surface area contributed by atoms with Crippen LogP contribution in [0.4, 0.5) is 0 Å². The number of allylic oxidation sites excluding steroid dienone is 5. The predicted octanol–water partition coefficient (Wildman–Crippen LogP) is 13.3. The molecule has 2 unspecified atom stereocenters. The van der Waals surface area contributed by atoms with Crippen LogP contribution in [0.25, 0.3) is 0 Å². The zero-order valence-electron chi connectivity index (χ0n) is 35.7. The number of hydrogen-bond donors (Lipinski definition) is 3. The van der Waals surface area contributed by atoms with E-state index in [4.69, 9.17) is 4.74 Å². The van der Waals surface area contributed by atoms with Gasteiger partial charge in [-0.25, -0.2) is 0 Å². The number of esters is 1. The van der Waals surface area contributed by atoms with Gasteiger partial charge in [0.1, 0.15) is 0 Å². The van der Waals surface area contributed by atoms with Crippen molar-refractivity contribution in [1.82, 2.24) is 5.32 Å². The molecule has 0 radical (unpaired) electrons. The van der Waals surface area contributed by atoms with Crippen LogP contribution in [0.2, 0.25) is 0 Å². The molecule has 0 rings (SSSR count). The molecule has 0 aromatic rings. The average molecular weight is 760 g/mol. The molecule has 0 aliphatic carbocycles. The van der Waals surface area contributed by atoms with Crippen LogP contribution < -0.4 is 5.32 Å². The van der Waals surface area contributed by atoms with Gasteiger partial charge in [0, 0.05) is 12.8 Å². The second-order valence-corrected chi connectivity index (χ2v) is 15.7. The van der Waals surface area contributed by atoms with Crippen molar-refractivity contribution in [2.24, 2.45) is 0 Å². The fourth-order valence-electron chi connectivity index (χ4n) is 6.74. The van der Waals surface area contributed by atoms with Gasteiger partial charge < -0.3 is 20.3 Å². The first-order chi connectivity index (χ1) is 26.5. The van der Waals surface area contributed by atoms with Crippen molar-refractivity contribution in [3.8, 4) is 0 Å². The molecule has 0 fully saturated rings. The largest absolute Gasteiger partial charge is 0.466 e. The van der Waals surface area contributed by atoms with Crippen molar-refractivity contribution < 1.29 is 24.5 Å². The highest BCUT2D eigenvalue weighted by molar-refractivity contribution is 5.76. The first kappa shape index (κ1) is 52.1. The van der Waals surface area contributed by atoms with Gasteiger partial charge in [-0.1, -0.05) is 166 Å². The van der Waals surface area contributed by atoms with Crippen LogP contribution in [0.15, 0.2) is 36.5 Å². The summed E-state index contributed by atoms with van der Waals surface area (Å²) in [7, 11) is 0. The van der Waals surface area contributed by atoms with Gasteiger partial charge in [0.25, 0.3) is 0 Å². The van der Waals surface area contributed by atoms with Gasteiger partial charge in [-0.3, -0.25) is 9.59 Å². The normalized spacial score (nSPS) is 13.0. The predicted molar refractivity (Wildman–Crippen MR) is 232 cm³/mol. The van der Waals surface area contributed by atoms with Gasteiger partial charge in [0.15, 0.2) is 0 Å². The zero-order valence-corrected chi connectivity index (χ0v) is 35.7. The van der Waals surface area contributed by atoms with E-state index in [1.165, 1.54) is 122 Å². The van der Waals surface area contributed by atoms with Crippen molar-refractivity contribution >= 4 is 11.9 Å². The number of amides is 1. The summed E-state index contributed by atoms with van der Waals surface area (Å²) in [5.41, 5.74) is 0. The van der Waals surface area contributed by atoms with Gasteiger partial charge in [-0.15, -0.1) is 0 Å². The molecular formula is C48H89NO5. The molecule has 0 aromatic heterocycles. The fourth-order valence-corrected chi connectivity index (χ4v) is 6.74. The highest BCUT2D eigenvalue weighted by Gasteiger charge is 2.18. The summed E-state index contributed by atoms with van der Waals surface area (Å²) in [6.07, 6.45) is 51.3. The van der Waals surface area contributed by atoms with Gasteiger partial charge in [0.05, 0.1) is 25.4 Å². The van der Waals surface area contributed by atoms with Crippen LogP contribution in [0.3, 0.4) is 0 Å². The molecule has 0 aliphatic heterocycles. The maximum atomic E-state index is 12.4. The Labute approximate surface area is 334 Å². The molecule has 2 atom stereocenters. The summed E-state index contributed by atoms with van der Waals surface area (Å²) in [5.74, 6) is -0.132. The van der Waals surface area contributed by atoms with Crippen LogP contribution in [0.1, 0.15) is 232 Å². The molecule has 316 valence electrons. The lowest BCUT2D eigenvalue weighted by molar-refractivity contribution is -0.143. The fraction of sp³-hybridized carbons (Fsp3) is 0.833. The molecule has 0 spiro atoms. The van der Waals surface area contributed by atoms with E-state index in [1.54, 1.807) is 6.08 Å². The number of rotatable bonds is 42. The minimum absolute atomic E-state index is 0.0356. The van der Waals surface area contributed by atoms with Crippen molar-refractivity contribution in [3.05, 3.63) is 36.5 Å². The third-order valence-electron chi connectivity index (χ3n) is 10.4. The molecule has 6 heteroatoms. The number of nitrogens with one attached hydrogen (secondary N) is 1. The van der Waals surface area contributed by atoms with Crippen LogP contribution in [0.5, 0.6) is 0 Å². The van der Waals surface area contributed by atoms with E-state index < -0.39 is 12.1 Å². The number of aliphatic hydroxyl groups is 2. The lowest BCUT2D eigenvalue weighted by atomic mass is 10.0. The summed E-state index contributed by atoms with van der Waals surface area (Å²) in [4.78, 5) is 24.3. The van der Waals surface area contributed by atoms with E-state index in [2.05, 4.69) is 43.5 Å². The van der Waals surface area contributed by atoms with Crippen molar-refractivity contribution in [1.29, 1.82) is 0 Å². The number of hydrogen-bond acceptors (Lipinski definition) is 5. The Morgan fingerprint density at radius 3 is 1.35 bits per heavy atom. The summed E-state index contributed by atoms with van der Waals surface area (Å²) in [5, 5.41) is 23.0. The highest BCUT2D eigenvalue weighted by Crippen LogP contribution is 2.14. The number of carbonyl (C=O) groups excluding carboxylic acids is 2. The SMILES string of the molecule is CCCCC/C=C\CCCCCCCC(=O)OCCCCC/C=C\CCCCCCCC(=O)NC(CO)C(O)/C=C/CCCCCCCCCCCCC. The Bertz CT molecular complexity index is 884. The van der Waals surface area contributed by atoms with E-state index in [0.717, 1.165) is 83.5 Å². The molecular weight excluding hydrogens is 671 g/mol. The Hall–Kier alpha value is -1.92. The number of ether oxygens (including phenoxy) is 1.